The summed E-state index contributed by atoms with van der Waals surface area (Å²) in [7, 11) is 0. The molecule has 0 spiro atoms. The minimum absolute atomic E-state index is 0. The minimum atomic E-state index is -1.49. The number of benzene rings is 2. The van der Waals surface area contributed by atoms with Gasteiger partial charge in [0, 0.05) is 23.0 Å². The SMILES string of the molecule is C.O=C(Nc1ccc(Oc2ncccn2)cc1C(=O)[O-])c1ccc(Cl)cc1Cl.[Li+]. The van der Waals surface area contributed by atoms with Gasteiger partial charge in [0.1, 0.15) is 5.75 Å². The molecule has 1 aromatic heterocycles. The number of hydrogen-bond donors (Lipinski definition) is 1. The number of nitrogens with one attached hydrogen (secondary N) is 1. The number of carbonyl (C=O) groups is 2. The van der Waals surface area contributed by atoms with Crippen molar-refractivity contribution in [3.05, 3.63) is 76.0 Å². The van der Waals surface area contributed by atoms with Gasteiger partial charge < -0.3 is 20.0 Å². The zero-order valence-electron chi connectivity index (χ0n) is 14.5. The van der Waals surface area contributed by atoms with E-state index in [1.807, 2.05) is 0 Å². The number of anilines is 1. The number of aromatic nitrogens is 2. The summed E-state index contributed by atoms with van der Waals surface area (Å²) in [5.74, 6) is -1.92. The van der Waals surface area contributed by atoms with Crippen molar-refractivity contribution in [2.24, 2.45) is 0 Å². The number of ether oxygens (including phenoxy) is 1. The van der Waals surface area contributed by atoms with Crippen LogP contribution >= 0.6 is 23.2 Å². The predicted octanol–water partition coefficient (Wildman–Crippen LogP) is 0.832. The fourth-order valence-corrected chi connectivity index (χ4v) is 2.67. The zero-order chi connectivity index (χ0) is 19.4. The summed E-state index contributed by atoms with van der Waals surface area (Å²) in [6, 6.07) is 10.0. The van der Waals surface area contributed by atoms with Gasteiger partial charge in [-0.25, -0.2) is 9.97 Å². The molecule has 3 rings (SSSR count). The minimum Gasteiger partial charge on any atom is -0.545 e. The Bertz CT molecular complexity index is 1020. The van der Waals surface area contributed by atoms with Gasteiger partial charge in [-0.05, 0) is 42.5 Å². The predicted molar refractivity (Wildman–Crippen MR) is 104 cm³/mol. The van der Waals surface area contributed by atoms with E-state index in [2.05, 4.69) is 15.3 Å². The third kappa shape index (κ3) is 6.21. The van der Waals surface area contributed by atoms with Crippen LogP contribution in [0.5, 0.6) is 11.8 Å². The largest absolute Gasteiger partial charge is 1.00 e. The van der Waals surface area contributed by atoms with Crippen molar-refractivity contribution in [3.63, 3.8) is 0 Å². The molecular weight excluding hydrogens is 412 g/mol. The number of halogens is 2. The van der Waals surface area contributed by atoms with Crippen molar-refractivity contribution in [2.75, 3.05) is 5.32 Å². The van der Waals surface area contributed by atoms with Gasteiger partial charge in [-0.3, -0.25) is 4.79 Å². The van der Waals surface area contributed by atoms with Crippen LogP contribution in [0.15, 0.2) is 54.9 Å². The van der Waals surface area contributed by atoms with E-state index in [1.165, 1.54) is 48.8 Å². The van der Waals surface area contributed by atoms with E-state index in [-0.39, 0.29) is 59.9 Å². The fraction of sp³-hybridized carbons (Fsp3) is 0.0526. The molecule has 2 aromatic carbocycles. The number of nitrogens with zero attached hydrogens (tertiary/aromatic N) is 2. The van der Waals surface area contributed by atoms with Gasteiger partial charge in [0.05, 0.1) is 22.2 Å². The Morgan fingerprint density at radius 2 is 1.69 bits per heavy atom. The molecule has 29 heavy (non-hydrogen) atoms. The van der Waals surface area contributed by atoms with Crippen molar-refractivity contribution in [1.82, 2.24) is 9.97 Å². The molecule has 1 N–H and O–H groups in total. The quantitative estimate of drug-likeness (QED) is 0.607. The third-order valence-electron chi connectivity index (χ3n) is 3.39. The second-order valence-corrected chi connectivity index (χ2v) is 6.05. The number of hydrogen-bond acceptors (Lipinski definition) is 6. The number of carbonyl (C=O) groups excluding carboxylic acids is 2. The first-order valence-corrected chi connectivity index (χ1v) is 8.26. The van der Waals surface area contributed by atoms with Crippen LogP contribution in [0.1, 0.15) is 28.1 Å². The van der Waals surface area contributed by atoms with E-state index in [0.29, 0.717) is 5.02 Å². The van der Waals surface area contributed by atoms with Crippen LogP contribution in [-0.4, -0.2) is 21.8 Å². The van der Waals surface area contributed by atoms with Gasteiger partial charge in [0.2, 0.25) is 0 Å². The molecule has 0 aliphatic rings. The van der Waals surface area contributed by atoms with Gasteiger partial charge in [-0.2, -0.15) is 0 Å². The van der Waals surface area contributed by atoms with E-state index < -0.39 is 11.9 Å². The molecule has 0 aliphatic heterocycles. The van der Waals surface area contributed by atoms with Gasteiger partial charge in [0.15, 0.2) is 0 Å². The van der Waals surface area contributed by atoms with Gasteiger partial charge in [-0.15, -0.1) is 0 Å². The number of carboxylic acids is 1. The standard InChI is InChI=1S/C18H11Cl2N3O4.CH4.Li/c19-10-2-4-12(14(20)8-10)16(24)23-15-5-3-11(9-13(15)17(25)26)27-18-21-6-1-7-22-18;;/h1-9H,(H,23,24)(H,25,26);1H4;/q;;+1/p-1. The molecule has 144 valence electrons. The van der Waals surface area contributed by atoms with E-state index >= 15 is 0 Å². The van der Waals surface area contributed by atoms with Gasteiger partial charge >= 0.3 is 24.9 Å². The summed E-state index contributed by atoms with van der Waals surface area (Å²) >= 11 is 11.8. The van der Waals surface area contributed by atoms with Gasteiger partial charge in [0.25, 0.3) is 5.91 Å². The third-order valence-corrected chi connectivity index (χ3v) is 3.93. The summed E-state index contributed by atoms with van der Waals surface area (Å²) in [5, 5.41) is 14.5. The van der Waals surface area contributed by atoms with E-state index in [0.717, 1.165) is 0 Å². The Morgan fingerprint density at radius 1 is 1.00 bits per heavy atom. The molecule has 3 aromatic rings. The Morgan fingerprint density at radius 3 is 2.31 bits per heavy atom. The molecule has 10 heteroatoms. The Kier molecular flexibility index (Phi) is 9.15. The molecule has 0 radical (unpaired) electrons. The molecular formula is C19H14Cl2LiN3O4. The summed E-state index contributed by atoms with van der Waals surface area (Å²) in [4.78, 5) is 31.6. The Hall–Kier alpha value is -2.56. The van der Waals surface area contributed by atoms with Gasteiger partial charge in [-0.1, -0.05) is 30.6 Å². The van der Waals surface area contributed by atoms with Crippen LogP contribution in [0.25, 0.3) is 0 Å². The maximum Gasteiger partial charge on any atom is 1.00 e. The number of rotatable bonds is 5. The molecule has 0 unspecified atom stereocenters. The van der Waals surface area contributed by atoms with Crippen molar-refractivity contribution in [1.29, 1.82) is 0 Å². The molecule has 0 saturated heterocycles. The summed E-state index contributed by atoms with van der Waals surface area (Å²) in [6.45, 7) is 0. The van der Waals surface area contributed by atoms with E-state index in [4.69, 9.17) is 27.9 Å². The second kappa shape index (κ2) is 10.8. The Balaban J connectivity index is 0.00000210. The first-order valence-electron chi connectivity index (χ1n) is 7.50. The Labute approximate surface area is 189 Å². The number of aromatic carboxylic acids is 1. The number of carboxylic acid groups (broad SMARTS) is 1. The van der Waals surface area contributed by atoms with Crippen molar-refractivity contribution < 1.29 is 38.3 Å². The average Bonchev–Trinajstić information content (AvgIpc) is 2.63. The molecule has 0 saturated carbocycles. The maximum atomic E-state index is 12.4. The molecule has 7 nitrogen and oxygen atoms in total. The fourth-order valence-electron chi connectivity index (χ4n) is 2.17. The topological polar surface area (TPSA) is 104 Å². The van der Waals surface area contributed by atoms with Crippen LogP contribution in [0, 0.1) is 0 Å². The van der Waals surface area contributed by atoms with Crippen LogP contribution < -0.4 is 34.0 Å². The van der Waals surface area contributed by atoms with E-state index in [1.54, 1.807) is 6.07 Å². The first kappa shape index (κ1) is 24.5. The molecule has 1 amide bonds. The number of amides is 1. The summed E-state index contributed by atoms with van der Waals surface area (Å²) < 4.78 is 5.38. The van der Waals surface area contributed by atoms with Crippen LogP contribution in [0.2, 0.25) is 10.0 Å². The smallest absolute Gasteiger partial charge is 0.545 e. The maximum absolute atomic E-state index is 12.4. The summed E-state index contributed by atoms with van der Waals surface area (Å²) in [5.41, 5.74) is -0.113. The van der Waals surface area contributed by atoms with Crippen molar-refractivity contribution in [3.8, 4) is 11.8 Å². The van der Waals surface area contributed by atoms with Crippen LogP contribution in [-0.2, 0) is 0 Å². The molecule has 0 aliphatic carbocycles. The first-order chi connectivity index (χ1) is 12.9. The molecule has 0 fully saturated rings. The van der Waals surface area contributed by atoms with E-state index in [9.17, 15) is 14.7 Å². The average molecular weight is 426 g/mol. The monoisotopic (exact) mass is 425 g/mol. The van der Waals surface area contributed by atoms with Crippen LogP contribution in [0.3, 0.4) is 0 Å². The molecule has 0 bridgehead atoms. The zero-order valence-corrected chi connectivity index (χ0v) is 16.0. The molecule has 0 atom stereocenters. The van der Waals surface area contributed by atoms with Crippen molar-refractivity contribution >= 4 is 40.8 Å². The second-order valence-electron chi connectivity index (χ2n) is 5.21. The van der Waals surface area contributed by atoms with Crippen LogP contribution in [0.4, 0.5) is 5.69 Å². The normalized spacial score (nSPS) is 9.59. The van der Waals surface area contributed by atoms with Crippen molar-refractivity contribution in [2.45, 2.75) is 7.43 Å². The summed E-state index contributed by atoms with van der Waals surface area (Å²) in [6.07, 6.45) is 2.96. The molecule has 1 heterocycles.